The summed E-state index contributed by atoms with van der Waals surface area (Å²) in [5.74, 6) is 3.86. The number of urea groups is 1. The largest absolute Gasteiger partial charge is 0.385 e. The number of nitrogens with zero attached hydrogens (tertiary/aromatic N) is 2. The number of hydrogen-bond donors (Lipinski definition) is 1. The van der Waals surface area contributed by atoms with E-state index in [4.69, 9.17) is 12.2 Å². The molecule has 4 heteroatoms. The summed E-state index contributed by atoms with van der Waals surface area (Å²) < 4.78 is 0. The van der Waals surface area contributed by atoms with E-state index in [9.17, 15) is 4.79 Å². The van der Waals surface area contributed by atoms with Crippen LogP contribution in [0, 0.1) is 18.3 Å². The van der Waals surface area contributed by atoms with E-state index in [1.807, 2.05) is 6.92 Å². The zero-order chi connectivity index (χ0) is 14.0. The average Bonchev–Trinajstić information content (AvgIpc) is 2.63. The monoisotopic (exact) mass is 261 g/mol. The smallest absolute Gasteiger partial charge is 0.347 e. The summed E-state index contributed by atoms with van der Waals surface area (Å²) in [4.78, 5) is 17.7. The number of carbonyl (C=O) groups is 1. The summed E-state index contributed by atoms with van der Waals surface area (Å²) in [6.45, 7) is 4.08. The molecule has 0 bridgehead atoms. The van der Waals surface area contributed by atoms with Crippen LogP contribution in [0.1, 0.15) is 52.4 Å². The third-order valence-corrected chi connectivity index (χ3v) is 4.62. The van der Waals surface area contributed by atoms with Crippen LogP contribution in [0.15, 0.2) is 4.99 Å². The standard InChI is InChI=1S/C15H23N3O/c1-4-6-12-7-9-15(10-8-12)13(16)17-14(19)18(15)11(3)5-2/h2,11-12H,4,6-10H2,1,3H3,(H2,16,17,19). The van der Waals surface area contributed by atoms with Crippen LogP contribution in [0.2, 0.25) is 0 Å². The van der Waals surface area contributed by atoms with Crippen molar-refractivity contribution in [2.45, 2.75) is 64.0 Å². The molecular formula is C15H23N3O. The Labute approximate surface area is 115 Å². The Hall–Kier alpha value is -1.50. The van der Waals surface area contributed by atoms with Gasteiger partial charge in [0.15, 0.2) is 0 Å². The summed E-state index contributed by atoms with van der Waals surface area (Å²) in [5.41, 5.74) is 5.65. The molecule has 2 amide bonds. The molecule has 0 saturated heterocycles. The topological polar surface area (TPSA) is 58.7 Å². The lowest BCUT2D eigenvalue weighted by molar-refractivity contribution is 0.112. The summed E-state index contributed by atoms with van der Waals surface area (Å²) in [7, 11) is 0. The molecule has 2 rings (SSSR count). The Kier molecular flexibility index (Phi) is 3.84. The maximum atomic E-state index is 12.0. The molecule has 2 N–H and O–H groups in total. The van der Waals surface area contributed by atoms with Crippen molar-refractivity contribution in [1.82, 2.24) is 4.90 Å². The van der Waals surface area contributed by atoms with Gasteiger partial charge < -0.3 is 5.73 Å². The van der Waals surface area contributed by atoms with Crippen molar-refractivity contribution in [2.75, 3.05) is 0 Å². The lowest BCUT2D eigenvalue weighted by atomic mass is 9.73. The fraction of sp³-hybridized carbons (Fsp3) is 0.733. The molecule has 1 aliphatic carbocycles. The third-order valence-electron chi connectivity index (χ3n) is 4.62. The normalized spacial score (nSPS) is 32.3. The van der Waals surface area contributed by atoms with E-state index in [-0.39, 0.29) is 12.1 Å². The van der Waals surface area contributed by atoms with Gasteiger partial charge in [-0.2, -0.15) is 4.99 Å². The number of hydrogen-bond acceptors (Lipinski definition) is 2. The van der Waals surface area contributed by atoms with Gasteiger partial charge in [-0.3, -0.25) is 4.90 Å². The zero-order valence-electron chi connectivity index (χ0n) is 11.9. The average molecular weight is 261 g/mol. The van der Waals surface area contributed by atoms with Crippen LogP contribution in [-0.4, -0.2) is 28.3 Å². The minimum Gasteiger partial charge on any atom is -0.385 e. The molecule has 0 aromatic heterocycles. The molecule has 0 aromatic carbocycles. The fourth-order valence-corrected chi connectivity index (χ4v) is 3.53. The Balaban J connectivity index is 2.19. The quantitative estimate of drug-likeness (QED) is 0.794. The lowest BCUT2D eigenvalue weighted by Crippen LogP contribution is -2.58. The number of nitrogens with two attached hydrogens (primary N) is 1. The Morgan fingerprint density at radius 3 is 2.74 bits per heavy atom. The molecule has 1 heterocycles. The van der Waals surface area contributed by atoms with Gasteiger partial charge in [0.25, 0.3) is 0 Å². The number of carbonyl (C=O) groups excluding carboxylic acids is 1. The molecule has 1 fully saturated rings. The Bertz CT molecular complexity index is 427. The first-order valence-corrected chi connectivity index (χ1v) is 7.19. The van der Waals surface area contributed by atoms with Crippen molar-refractivity contribution in [2.24, 2.45) is 16.6 Å². The molecule has 1 unspecified atom stereocenters. The summed E-state index contributed by atoms with van der Waals surface area (Å²) in [6, 6.07) is -0.517. The molecule has 1 aliphatic heterocycles. The highest BCUT2D eigenvalue weighted by Gasteiger charge is 2.51. The van der Waals surface area contributed by atoms with Crippen molar-refractivity contribution in [3.05, 3.63) is 0 Å². The fourth-order valence-electron chi connectivity index (χ4n) is 3.53. The summed E-state index contributed by atoms with van der Waals surface area (Å²) >= 11 is 0. The first kappa shape index (κ1) is 13.9. The molecule has 0 radical (unpaired) electrons. The second-order valence-electron chi connectivity index (χ2n) is 5.76. The molecule has 2 aliphatic rings. The molecule has 1 spiro atoms. The first-order valence-electron chi connectivity index (χ1n) is 7.19. The molecule has 19 heavy (non-hydrogen) atoms. The molecule has 4 nitrogen and oxygen atoms in total. The van der Waals surface area contributed by atoms with Gasteiger partial charge in [0.2, 0.25) is 0 Å². The lowest BCUT2D eigenvalue weighted by Gasteiger charge is -2.44. The second-order valence-corrected chi connectivity index (χ2v) is 5.76. The van der Waals surface area contributed by atoms with Crippen LogP contribution in [0.3, 0.4) is 0 Å². The van der Waals surface area contributed by atoms with Gasteiger partial charge in [-0.15, -0.1) is 6.42 Å². The van der Waals surface area contributed by atoms with Crippen LogP contribution in [-0.2, 0) is 0 Å². The molecule has 1 saturated carbocycles. The number of terminal acetylenes is 1. The van der Waals surface area contributed by atoms with Gasteiger partial charge in [0.05, 0.1) is 6.04 Å². The van der Waals surface area contributed by atoms with Crippen molar-refractivity contribution < 1.29 is 4.79 Å². The Morgan fingerprint density at radius 2 is 2.21 bits per heavy atom. The zero-order valence-corrected chi connectivity index (χ0v) is 11.9. The van der Waals surface area contributed by atoms with E-state index in [0.29, 0.717) is 5.84 Å². The van der Waals surface area contributed by atoms with E-state index in [1.165, 1.54) is 12.8 Å². The van der Waals surface area contributed by atoms with Gasteiger partial charge in [-0.25, -0.2) is 4.79 Å². The predicted octanol–water partition coefficient (Wildman–Crippen LogP) is 2.53. The second kappa shape index (κ2) is 5.24. The predicted molar refractivity (Wildman–Crippen MR) is 76.7 cm³/mol. The van der Waals surface area contributed by atoms with E-state index < -0.39 is 5.54 Å². The first-order chi connectivity index (χ1) is 9.05. The van der Waals surface area contributed by atoms with Gasteiger partial charge in [0, 0.05) is 0 Å². The van der Waals surface area contributed by atoms with Crippen molar-refractivity contribution in [3.63, 3.8) is 0 Å². The van der Waals surface area contributed by atoms with E-state index in [0.717, 1.165) is 31.6 Å². The highest BCUT2D eigenvalue weighted by atomic mass is 16.2. The number of rotatable bonds is 3. The minimum atomic E-state index is -0.410. The summed E-state index contributed by atoms with van der Waals surface area (Å²) in [6.07, 6.45) is 11.9. The van der Waals surface area contributed by atoms with Crippen LogP contribution >= 0.6 is 0 Å². The number of amidine groups is 1. The van der Waals surface area contributed by atoms with Crippen LogP contribution in [0.4, 0.5) is 4.79 Å². The van der Waals surface area contributed by atoms with Crippen LogP contribution in [0.25, 0.3) is 0 Å². The van der Waals surface area contributed by atoms with Gasteiger partial charge in [-0.1, -0.05) is 25.7 Å². The van der Waals surface area contributed by atoms with Gasteiger partial charge >= 0.3 is 6.03 Å². The van der Waals surface area contributed by atoms with Gasteiger partial charge in [-0.05, 0) is 38.5 Å². The maximum absolute atomic E-state index is 12.0. The van der Waals surface area contributed by atoms with E-state index in [2.05, 4.69) is 17.8 Å². The molecular weight excluding hydrogens is 238 g/mol. The van der Waals surface area contributed by atoms with E-state index >= 15 is 0 Å². The Morgan fingerprint density at radius 1 is 1.58 bits per heavy atom. The SMILES string of the molecule is C#CC(C)N1C(=O)N=C(N)C12CCC(CCC)CC2. The van der Waals surface area contributed by atoms with Crippen molar-refractivity contribution >= 4 is 11.9 Å². The third kappa shape index (κ3) is 2.22. The minimum absolute atomic E-state index is 0.250. The van der Waals surface area contributed by atoms with Gasteiger partial charge in [0.1, 0.15) is 11.4 Å². The molecule has 1 atom stereocenters. The van der Waals surface area contributed by atoms with Crippen LogP contribution in [0.5, 0.6) is 0 Å². The molecule has 0 aromatic rings. The van der Waals surface area contributed by atoms with Crippen molar-refractivity contribution in [3.8, 4) is 12.3 Å². The van der Waals surface area contributed by atoms with Crippen molar-refractivity contribution in [1.29, 1.82) is 0 Å². The van der Waals surface area contributed by atoms with E-state index in [1.54, 1.807) is 4.90 Å². The van der Waals surface area contributed by atoms with Crippen LogP contribution < -0.4 is 5.73 Å². The molecule has 104 valence electrons. The summed E-state index contributed by atoms with van der Waals surface area (Å²) in [5, 5.41) is 0. The number of amides is 2. The number of aliphatic imine (C=N–C) groups is 1. The highest BCUT2D eigenvalue weighted by Crippen LogP contribution is 2.42. The maximum Gasteiger partial charge on any atom is 0.347 e. The highest BCUT2D eigenvalue weighted by molar-refractivity contribution is 6.06.